The Balaban J connectivity index is 1.66. The van der Waals surface area contributed by atoms with E-state index in [-0.39, 0.29) is 5.60 Å². The van der Waals surface area contributed by atoms with Gasteiger partial charge in [0.05, 0.1) is 31.0 Å². The number of aromatic nitrogens is 2. The molecule has 0 atom stereocenters. The first kappa shape index (κ1) is 20.1. The number of hydrogen-bond acceptors (Lipinski definition) is 7. The maximum atomic E-state index is 9.97. The van der Waals surface area contributed by atoms with Gasteiger partial charge in [0, 0.05) is 43.2 Å². The predicted molar refractivity (Wildman–Crippen MR) is 113 cm³/mol. The second-order valence-electron chi connectivity index (χ2n) is 7.97. The molecule has 6 nitrogen and oxygen atoms in total. The van der Waals surface area contributed by atoms with Crippen LogP contribution >= 0.6 is 11.8 Å². The van der Waals surface area contributed by atoms with Crippen molar-refractivity contribution in [3.8, 4) is 6.07 Å². The molecule has 2 aromatic rings. The minimum atomic E-state index is -0.278. The number of aryl methyl sites for hydroxylation is 1. The quantitative estimate of drug-likeness (QED) is 0.700. The molecule has 0 radical (unpaired) electrons. The first-order valence-corrected chi connectivity index (χ1v) is 11.0. The summed E-state index contributed by atoms with van der Waals surface area (Å²) in [5.74, 6) is 1.82. The number of nitriles is 1. The van der Waals surface area contributed by atoms with Gasteiger partial charge < -0.3 is 14.4 Å². The van der Waals surface area contributed by atoms with E-state index in [9.17, 15) is 5.26 Å². The molecule has 0 aliphatic carbocycles. The molecule has 2 aromatic heterocycles. The SMILES string of the molecule is CC1(C)Cc2c(C#N)c(SCCc3cccnc3)nc(N3CCOCC3)c2CO1. The highest BCUT2D eigenvalue weighted by Crippen LogP contribution is 2.38. The van der Waals surface area contributed by atoms with Crippen LogP contribution in [0.4, 0.5) is 5.82 Å². The highest BCUT2D eigenvalue weighted by atomic mass is 32.2. The van der Waals surface area contributed by atoms with Gasteiger partial charge in [-0.05, 0) is 37.5 Å². The van der Waals surface area contributed by atoms with Gasteiger partial charge in [0.2, 0.25) is 0 Å². The summed E-state index contributed by atoms with van der Waals surface area (Å²) < 4.78 is 11.6. The van der Waals surface area contributed by atoms with Gasteiger partial charge in [-0.25, -0.2) is 4.98 Å². The van der Waals surface area contributed by atoms with E-state index in [2.05, 4.69) is 35.9 Å². The molecule has 2 aliphatic heterocycles. The monoisotopic (exact) mass is 410 g/mol. The summed E-state index contributed by atoms with van der Waals surface area (Å²) >= 11 is 1.66. The molecule has 0 N–H and O–H groups in total. The molecule has 4 heterocycles. The van der Waals surface area contributed by atoms with Crippen molar-refractivity contribution in [2.75, 3.05) is 37.0 Å². The van der Waals surface area contributed by atoms with E-state index in [0.717, 1.165) is 53.7 Å². The van der Waals surface area contributed by atoms with E-state index in [1.807, 2.05) is 12.3 Å². The van der Waals surface area contributed by atoms with E-state index < -0.39 is 0 Å². The lowest BCUT2D eigenvalue weighted by atomic mass is 9.89. The number of thioether (sulfide) groups is 1. The molecule has 1 fully saturated rings. The minimum absolute atomic E-state index is 0.278. The smallest absolute Gasteiger partial charge is 0.135 e. The van der Waals surface area contributed by atoms with Crippen LogP contribution in [0.2, 0.25) is 0 Å². The first-order valence-electron chi connectivity index (χ1n) is 10.0. The van der Waals surface area contributed by atoms with Gasteiger partial charge in [-0.1, -0.05) is 6.07 Å². The molecule has 0 unspecified atom stereocenters. The molecular formula is C22H26N4O2S. The fourth-order valence-electron chi connectivity index (χ4n) is 3.79. The van der Waals surface area contributed by atoms with Crippen molar-refractivity contribution in [2.45, 2.75) is 43.9 Å². The summed E-state index contributed by atoms with van der Waals surface area (Å²) in [6.07, 6.45) is 5.30. The summed E-state index contributed by atoms with van der Waals surface area (Å²) in [5.41, 5.74) is 3.80. The molecule has 29 heavy (non-hydrogen) atoms. The molecule has 4 rings (SSSR count). The summed E-state index contributed by atoms with van der Waals surface area (Å²) in [7, 11) is 0. The maximum Gasteiger partial charge on any atom is 0.135 e. The van der Waals surface area contributed by atoms with Gasteiger partial charge in [-0.3, -0.25) is 4.98 Å². The van der Waals surface area contributed by atoms with Crippen molar-refractivity contribution in [3.63, 3.8) is 0 Å². The van der Waals surface area contributed by atoms with Gasteiger partial charge >= 0.3 is 0 Å². The molecule has 7 heteroatoms. The van der Waals surface area contributed by atoms with E-state index >= 15 is 0 Å². The molecule has 0 spiro atoms. The van der Waals surface area contributed by atoms with E-state index in [1.165, 1.54) is 5.56 Å². The number of hydrogen-bond donors (Lipinski definition) is 0. The number of pyridine rings is 2. The fraction of sp³-hybridized carbons (Fsp3) is 0.500. The molecular weight excluding hydrogens is 384 g/mol. The lowest BCUT2D eigenvalue weighted by Crippen LogP contribution is -2.39. The van der Waals surface area contributed by atoms with Crippen LogP contribution in [0.15, 0.2) is 29.6 Å². The van der Waals surface area contributed by atoms with Crippen LogP contribution < -0.4 is 4.90 Å². The third kappa shape index (κ3) is 4.55. The number of ether oxygens (including phenoxy) is 2. The zero-order valence-electron chi connectivity index (χ0n) is 17.0. The van der Waals surface area contributed by atoms with Gasteiger partial charge in [-0.15, -0.1) is 11.8 Å². The van der Waals surface area contributed by atoms with E-state index in [0.29, 0.717) is 25.4 Å². The van der Waals surface area contributed by atoms with E-state index in [4.69, 9.17) is 14.5 Å². The van der Waals surface area contributed by atoms with Crippen LogP contribution in [-0.4, -0.2) is 47.6 Å². The van der Waals surface area contributed by atoms with E-state index in [1.54, 1.807) is 18.0 Å². The Morgan fingerprint density at radius 1 is 1.28 bits per heavy atom. The Hall–Kier alpha value is -2.14. The predicted octanol–water partition coefficient (Wildman–Crippen LogP) is 3.37. The number of morpholine rings is 1. The maximum absolute atomic E-state index is 9.97. The molecule has 0 aromatic carbocycles. The molecule has 0 bridgehead atoms. The van der Waals surface area contributed by atoms with Gasteiger partial charge in [0.1, 0.15) is 16.9 Å². The van der Waals surface area contributed by atoms with Crippen LogP contribution in [0.1, 0.15) is 36.1 Å². The lowest BCUT2D eigenvalue weighted by molar-refractivity contribution is -0.0402. The van der Waals surface area contributed by atoms with Gasteiger partial charge in [0.15, 0.2) is 0 Å². The highest BCUT2D eigenvalue weighted by molar-refractivity contribution is 7.99. The summed E-state index contributed by atoms with van der Waals surface area (Å²) in [5, 5.41) is 10.8. The van der Waals surface area contributed by atoms with Crippen molar-refractivity contribution >= 4 is 17.6 Å². The normalized spacial score (nSPS) is 18.2. The van der Waals surface area contributed by atoms with Crippen molar-refractivity contribution in [1.82, 2.24) is 9.97 Å². The van der Waals surface area contributed by atoms with Crippen molar-refractivity contribution in [3.05, 3.63) is 46.8 Å². The summed E-state index contributed by atoms with van der Waals surface area (Å²) in [6, 6.07) is 6.48. The molecule has 2 aliphatic rings. The fourth-order valence-corrected chi connectivity index (χ4v) is 4.79. The minimum Gasteiger partial charge on any atom is -0.378 e. The van der Waals surface area contributed by atoms with Crippen LogP contribution in [-0.2, 0) is 28.9 Å². The van der Waals surface area contributed by atoms with Crippen molar-refractivity contribution < 1.29 is 9.47 Å². The van der Waals surface area contributed by atoms with Crippen LogP contribution in [0.25, 0.3) is 0 Å². The average molecular weight is 411 g/mol. The number of nitrogens with zero attached hydrogens (tertiary/aromatic N) is 4. The first-order chi connectivity index (χ1) is 14.1. The molecule has 1 saturated heterocycles. The van der Waals surface area contributed by atoms with Crippen LogP contribution in [0, 0.1) is 11.3 Å². The third-order valence-electron chi connectivity index (χ3n) is 5.34. The van der Waals surface area contributed by atoms with Crippen molar-refractivity contribution in [2.24, 2.45) is 0 Å². The largest absolute Gasteiger partial charge is 0.378 e. The summed E-state index contributed by atoms with van der Waals surface area (Å²) in [6.45, 7) is 7.70. The highest BCUT2D eigenvalue weighted by Gasteiger charge is 2.33. The summed E-state index contributed by atoms with van der Waals surface area (Å²) in [4.78, 5) is 11.4. The number of anilines is 1. The zero-order chi connectivity index (χ0) is 20.3. The Morgan fingerprint density at radius 2 is 2.10 bits per heavy atom. The van der Waals surface area contributed by atoms with Crippen LogP contribution in [0.5, 0.6) is 0 Å². The molecule has 0 saturated carbocycles. The number of fused-ring (bicyclic) bond motifs is 1. The van der Waals surface area contributed by atoms with Gasteiger partial charge in [0.25, 0.3) is 0 Å². The Labute approximate surface area is 176 Å². The number of rotatable bonds is 5. The second kappa shape index (κ2) is 8.70. The second-order valence-corrected chi connectivity index (χ2v) is 9.05. The third-order valence-corrected chi connectivity index (χ3v) is 6.32. The zero-order valence-corrected chi connectivity index (χ0v) is 17.8. The standard InChI is InChI=1S/C22H26N4O2S/c1-22(2)12-17-18(13-23)21(29-11-5-16-4-3-6-24-14-16)25-20(19(17)15-28-22)26-7-9-27-10-8-26/h3-4,6,14H,5,7-12,15H2,1-2H3. The van der Waals surface area contributed by atoms with Crippen molar-refractivity contribution in [1.29, 1.82) is 5.26 Å². The molecule has 0 amide bonds. The average Bonchev–Trinajstić information content (AvgIpc) is 2.74. The van der Waals surface area contributed by atoms with Crippen LogP contribution in [0.3, 0.4) is 0 Å². The molecule has 152 valence electrons. The van der Waals surface area contributed by atoms with Gasteiger partial charge in [-0.2, -0.15) is 5.26 Å². The Kier molecular flexibility index (Phi) is 6.04. The topological polar surface area (TPSA) is 71.3 Å². The Bertz CT molecular complexity index is 905. The lowest BCUT2D eigenvalue weighted by Gasteiger charge is -2.36. The Morgan fingerprint density at radius 3 is 2.83 bits per heavy atom.